The van der Waals surface area contributed by atoms with Gasteiger partial charge in [-0.3, -0.25) is 9.59 Å². The molecule has 96 valence electrons. The molecule has 0 aromatic heterocycles. The molecular formula is C14H17NO3. The largest absolute Gasteiger partial charge is 0.481 e. The molecule has 0 saturated heterocycles. The fraction of sp³-hybridized carbons (Fsp3) is 0.429. The molecule has 0 radical (unpaired) electrons. The molecule has 0 fully saturated rings. The molecule has 1 amide bonds. The van der Waals surface area contributed by atoms with Crippen LogP contribution in [0, 0.1) is 6.92 Å². The highest BCUT2D eigenvalue weighted by Crippen LogP contribution is 2.20. The molecule has 4 heteroatoms. The molecular weight excluding hydrogens is 230 g/mol. The van der Waals surface area contributed by atoms with Gasteiger partial charge in [-0.15, -0.1) is 0 Å². The first-order chi connectivity index (χ1) is 8.58. The lowest BCUT2D eigenvalue weighted by molar-refractivity contribution is -0.137. The lowest BCUT2D eigenvalue weighted by Crippen LogP contribution is -2.38. The van der Waals surface area contributed by atoms with Crippen molar-refractivity contribution in [2.24, 2.45) is 0 Å². The maximum absolute atomic E-state index is 12.2. The van der Waals surface area contributed by atoms with Crippen LogP contribution in [0.5, 0.6) is 0 Å². The summed E-state index contributed by atoms with van der Waals surface area (Å²) in [7, 11) is 0. The third-order valence-electron chi connectivity index (χ3n) is 3.25. The molecule has 0 atom stereocenters. The van der Waals surface area contributed by atoms with Crippen LogP contribution in [0.25, 0.3) is 0 Å². The highest BCUT2D eigenvalue weighted by Gasteiger charge is 2.23. The monoisotopic (exact) mass is 247 g/mol. The number of nitrogens with zero attached hydrogens (tertiary/aromatic N) is 1. The third kappa shape index (κ3) is 2.70. The number of rotatable bonds is 4. The summed E-state index contributed by atoms with van der Waals surface area (Å²) in [5, 5.41) is 8.60. The van der Waals surface area contributed by atoms with Crippen LogP contribution in [0.15, 0.2) is 18.2 Å². The number of benzene rings is 1. The Bertz CT molecular complexity index is 482. The van der Waals surface area contributed by atoms with Crippen LogP contribution in [-0.4, -0.2) is 35.0 Å². The van der Waals surface area contributed by atoms with E-state index in [9.17, 15) is 9.59 Å². The third-order valence-corrected chi connectivity index (χ3v) is 3.25. The van der Waals surface area contributed by atoms with Gasteiger partial charge in [0.1, 0.15) is 0 Å². The van der Waals surface area contributed by atoms with E-state index in [0.717, 1.165) is 23.1 Å². The Kier molecular flexibility index (Phi) is 3.65. The molecule has 4 nitrogen and oxygen atoms in total. The first-order valence-electron chi connectivity index (χ1n) is 6.18. The van der Waals surface area contributed by atoms with Gasteiger partial charge in [0.15, 0.2) is 0 Å². The lowest BCUT2D eigenvalue weighted by Gasteiger charge is -2.28. The van der Waals surface area contributed by atoms with Gasteiger partial charge in [0.05, 0.1) is 0 Å². The second-order valence-corrected chi connectivity index (χ2v) is 4.70. The normalized spacial score (nSPS) is 14.5. The first-order valence-corrected chi connectivity index (χ1v) is 6.18. The summed E-state index contributed by atoms with van der Waals surface area (Å²) in [6, 6.07) is 5.95. The fourth-order valence-electron chi connectivity index (χ4n) is 2.27. The van der Waals surface area contributed by atoms with Gasteiger partial charge in [0.2, 0.25) is 0 Å². The minimum Gasteiger partial charge on any atom is -0.481 e. The van der Waals surface area contributed by atoms with Crippen molar-refractivity contribution in [2.45, 2.75) is 26.2 Å². The van der Waals surface area contributed by atoms with E-state index in [2.05, 4.69) is 0 Å². The number of carbonyl (C=O) groups is 2. The number of carbonyl (C=O) groups excluding carboxylic acids is 1. The molecule has 1 aromatic carbocycles. The molecule has 0 unspecified atom stereocenters. The smallest absolute Gasteiger partial charge is 0.303 e. The lowest BCUT2D eigenvalue weighted by atomic mass is 9.97. The van der Waals surface area contributed by atoms with Gasteiger partial charge in [-0.2, -0.15) is 0 Å². The van der Waals surface area contributed by atoms with Crippen LogP contribution >= 0.6 is 0 Å². The summed E-state index contributed by atoms with van der Waals surface area (Å²) in [5.41, 5.74) is 2.95. The van der Waals surface area contributed by atoms with E-state index in [-0.39, 0.29) is 12.3 Å². The van der Waals surface area contributed by atoms with Crippen molar-refractivity contribution in [1.82, 2.24) is 4.90 Å². The summed E-state index contributed by atoms with van der Waals surface area (Å²) in [6.07, 6.45) is 1.49. The van der Waals surface area contributed by atoms with Gasteiger partial charge in [-0.25, -0.2) is 0 Å². The van der Waals surface area contributed by atoms with E-state index in [1.54, 1.807) is 4.90 Å². The molecule has 1 aliphatic rings. The van der Waals surface area contributed by atoms with Crippen LogP contribution in [0.1, 0.15) is 34.3 Å². The maximum atomic E-state index is 12.2. The van der Waals surface area contributed by atoms with E-state index in [1.165, 1.54) is 0 Å². The van der Waals surface area contributed by atoms with Crippen LogP contribution in [0.3, 0.4) is 0 Å². The number of amides is 1. The van der Waals surface area contributed by atoms with Crippen molar-refractivity contribution in [2.75, 3.05) is 13.1 Å². The van der Waals surface area contributed by atoms with E-state index in [4.69, 9.17) is 5.11 Å². The number of hydrogen-bond donors (Lipinski definition) is 1. The molecule has 1 N–H and O–H groups in total. The van der Waals surface area contributed by atoms with Gasteiger partial charge in [-0.1, -0.05) is 17.7 Å². The van der Waals surface area contributed by atoms with Crippen molar-refractivity contribution in [3.63, 3.8) is 0 Å². The zero-order valence-electron chi connectivity index (χ0n) is 10.5. The van der Waals surface area contributed by atoms with Crippen LogP contribution < -0.4 is 0 Å². The van der Waals surface area contributed by atoms with E-state index < -0.39 is 5.97 Å². The van der Waals surface area contributed by atoms with Crippen molar-refractivity contribution in [3.05, 3.63) is 34.9 Å². The Hall–Kier alpha value is -1.84. The Balaban J connectivity index is 2.05. The summed E-state index contributed by atoms with van der Waals surface area (Å²) in [6.45, 7) is 3.18. The first kappa shape index (κ1) is 12.6. The summed E-state index contributed by atoms with van der Waals surface area (Å²) in [4.78, 5) is 24.4. The highest BCUT2D eigenvalue weighted by molar-refractivity contribution is 5.96. The second kappa shape index (κ2) is 5.21. The average Bonchev–Trinajstić information content (AvgIpc) is 2.32. The summed E-state index contributed by atoms with van der Waals surface area (Å²) in [5.74, 6) is -0.777. The fourth-order valence-corrected chi connectivity index (χ4v) is 2.27. The van der Waals surface area contributed by atoms with Crippen LogP contribution in [0.4, 0.5) is 0 Å². The molecule has 18 heavy (non-hydrogen) atoms. The summed E-state index contributed by atoms with van der Waals surface area (Å²) < 4.78 is 0. The van der Waals surface area contributed by atoms with Gasteiger partial charge in [-0.05, 0) is 31.4 Å². The van der Waals surface area contributed by atoms with Gasteiger partial charge in [0.25, 0.3) is 5.91 Å². The van der Waals surface area contributed by atoms with Crippen LogP contribution in [-0.2, 0) is 11.2 Å². The van der Waals surface area contributed by atoms with E-state index in [1.807, 2.05) is 25.1 Å². The number of hydrogen-bond acceptors (Lipinski definition) is 2. The topological polar surface area (TPSA) is 57.6 Å². The number of carboxylic acids is 1. The molecule has 0 aliphatic carbocycles. The zero-order chi connectivity index (χ0) is 13.1. The number of aryl methyl sites for hydroxylation is 1. The van der Waals surface area contributed by atoms with Gasteiger partial charge < -0.3 is 10.0 Å². The Morgan fingerprint density at radius 1 is 1.44 bits per heavy atom. The predicted octanol–water partition coefficient (Wildman–Crippen LogP) is 1.86. The van der Waals surface area contributed by atoms with Crippen molar-refractivity contribution >= 4 is 11.9 Å². The minimum atomic E-state index is -0.810. The Labute approximate surface area is 106 Å². The molecule has 0 saturated carbocycles. The Morgan fingerprint density at radius 2 is 2.22 bits per heavy atom. The highest BCUT2D eigenvalue weighted by atomic mass is 16.4. The Morgan fingerprint density at radius 3 is 2.94 bits per heavy atom. The molecule has 0 spiro atoms. The molecule has 1 aromatic rings. The van der Waals surface area contributed by atoms with E-state index >= 15 is 0 Å². The molecule has 0 bridgehead atoms. The summed E-state index contributed by atoms with van der Waals surface area (Å²) >= 11 is 0. The van der Waals surface area contributed by atoms with Crippen molar-refractivity contribution in [3.8, 4) is 0 Å². The van der Waals surface area contributed by atoms with E-state index in [0.29, 0.717) is 19.5 Å². The standard InChI is InChI=1S/C14H17NO3/c1-10-4-5-11-6-8-15(7-2-3-13(16)17)14(18)12(11)9-10/h4-5,9H,2-3,6-8H2,1H3,(H,16,17). The SMILES string of the molecule is Cc1ccc2c(c1)C(=O)N(CCCC(=O)O)CC2. The van der Waals surface area contributed by atoms with Crippen LogP contribution in [0.2, 0.25) is 0 Å². The molecule has 1 heterocycles. The number of fused-ring (bicyclic) bond motifs is 1. The minimum absolute atomic E-state index is 0.0327. The van der Waals surface area contributed by atoms with Gasteiger partial charge >= 0.3 is 5.97 Å². The molecule has 1 aliphatic heterocycles. The zero-order valence-corrected chi connectivity index (χ0v) is 10.5. The number of aliphatic carboxylic acids is 1. The van der Waals surface area contributed by atoms with Crippen molar-refractivity contribution < 1.29 is 14.7 Å². The average molecular weight is 247 g/mol. The number of carboxylic acid groups (broad SMARTS) is 1. The molecule has 2 rings (SSSR count). The maximum Gasteiger partial charge on any atom is 0.303 e. The quantitative estimate of drug-likeness (QED) is 0.883. The predicted molar refractivity (Wildman–Crippen MR) is 67.7 cm³/mol. The second-order valence-electron chi connectivity index (χ2n) is 4.70. The van der Waals surface area contributed by atoms with Gasteiger partial charge in [0, 0.05) is 25.1 Å². The van der Waals surface area contributed by atoms with Crippen molar-refractivity contribution in [1.29, 1.82) is 0 Å².